The largest absolute Gasteiger partial charge is 0 e. The van der Waals surface area contributed by atoms with Gasteiger partial charge in [-0.3, -0.25) is 0 Å². The number of aliphatic hydroxyl groups is 2. The van der Waals surface area contributed by atoms with Crippen molar-refractivity contribution in [3.8, 4) is 0 Å². The van der Waals surface area contributed by atoms with E-state index < -0.39 is 24.1 Å². The zero-order valence-corrected chi connectivity index (χ0v) is 8.43. The van der Waals surface area contributed by atoms with Gasteiger partial charge in [0, 0.05) is 19.5 Å². The van der Waals surface area contributed by atoms with Crippen LogP contribution in [-0.4, -0.2) is 74.1 Å². The summed E-state index contributed by atoms with van der Waals surface area (Å²) in [6.45, 7) is 0. The van der Waals surface area contributed by atoms with E-state index in [0.29, 0.717) is 0 Å². The molecular weight excluding hydrogens is 232 g/mol. The van der Waals surface area contributed by atoms with Crippen LogP contribution in [0.1, 0.15) is 0 Å². The molecular formula is C4H7NaO6Zn. The first kappa shape index (κ1) is 18.3. The van der Waals surface area contributed by atoms with Crippen molar-refractivity contribution in [2.75, 3.05) is 0 Å². The van der Waals surface area contributed by atoms with Crippen LogP contribution in [0.2, 0.25) is 0 Å². The summed E-state index contributed by atoms with van der Waals surface area (Å²) in [5.74, 6) is -3.54. The van der Waals surface area contributed by atoms with Gasteiger partial charge in [-0.15, -0.1) is 0 Å². The summed E-state index contributed by atoms with van der Waals surface area (Å²) >= 11 is 0. The number of carboxylic acids is 2. The molecule has 0 bridgehead atoms. The Hall–Kier alpha value is 0.483. The Morgan fingerprint density at radius 2 is 1.08 bits per heavy atom. The van der Waals surface area contributed by atoms with Crippen molar-refractivity contribution in [3.05, 3.63) is 0 Å². The van der Waals surface area contributed by atoms with E-state index in [0.717, 1.165) is 0 Å². The minimum Gasteiger partial charge on any atom is 0 e. The third kappa shape index (κ3) is 6.05. The molecule has 4 N–H and O–H groups in total. The Labute approximate surface area is 103 Å². The second-order valence-electron chi connectivity index (χ2n) is 1.57. The van der Waals surface area contributed by atoms with Crippen LogP contribution in [0.5, 0.6) is 0 Å². The first-order valence-corrected chi connectivity index (χ1v) is 2.28. The van der Waals surface area contributed by atoms with Crippen LogP contribution >= 0.6 is 0 Å². The standard InChI is InChI=1S/C4H6O6.Na.Zn.H/c5-1(3(7)8)2(6)4(9)10;;;/h1-2,5-6H,(H,7,8)(H,9,10);;;. The minimum atomic E-state index is -2.27. The van der Waals surface area contributed by atoms with E-state index in [1.807, 2.05) is 0 Å². The van der Waals surface area contributed by atoms with Crippen LogP contribution in [0, 0.1) is 0 Å². The van der Waals surface area contributed by atoms with Crippen molar-refractivity contribution >= 4 is 41.5 Å². The Morgan fingerprint density at radius 3 is 1.17 bits per heavy atom. The topological polar surface area (TPSA) is 115 Å². The minimum absolute atomic E-state index is 0. The zero-order valence-electron chi connectivity index (χ0n) is 5.47. The van der Waals surface area contributed by atoms with Crippen LogP contribution in [0.25, 0.3) is 0 Å². The van der Waals surface area contributed by atoms with Crippen molar-refractivity contribution in [3.63, 3.8) is 0 Å². The Bertz CT molecular complexity index is 144. The average Bonchev–Trinajstić information content (AvgIpc) is 1.84. The number of carboxylic acid groups (broad SMARTS) is 2. The first-order chi connectivity index (χ1) is 4.46. The van der Waals surface area contributed by atoms with Gasteiger partial charge >= 0.3 is 41.5 Å². The monoisotopic (exact) mass is 238 g/mol. The van der Waals surface area contributed by atoms with Gasteiger partial charge < -0.3 is 20.4 Å². The molecule has 12 heavy (non-hydrogen) atoms. The van der Waals surface area contributed by atoms with Crippen molar-refractivity contribution < 1.29 is 49.5 Å². The molecule has 2 unspecified atom stereocenters. The van der Waals surface area contributed by atoms with E-state index in [1.165, 1.54) is 0 Å². The second-order valence-corrected chi connectivity index (χ2v) is 1.57. The quantitative estimate of drug-likeness (QED) is 0.396. The summed E-state index contributed by atoms with van der Waals surface area (Å²) in [6, 6.07) is 0. The summed E-state index contributed by atoms with van der Waals surface area (Å²) in [6.07, 6.45) is -4.53. The van der Waals surface area contributed by atoms with Gasteiger partial charge in [0.15, 0.2) is 12.2 Å². The van der Waals surface area contributed by atoms with Crippen LogP contribution in [0.4, 0.5) is 0 Å². The molecule has 0 radical (unpaired) electrons. The number of carbonyl (C=O) groups is 2. The molecule has 0 saturated carbocycles. The molecule has 8 heteroatoms. The van der Waals surface area contributed by atoms with E-state index in [1.54, 1.807) is 0 Å². The number of rotatable bonds is 3. The molecule has 62 valence electrons. The number of hydrogen-bond donors (Lipinski definition) is 4. The first-order valence-electron chi connectivity index (χ1n) is 2.28. The summed E-state index contributed by atoms with van der Waals surface area (Å²) in [5.41, 5.74) is 0. The SMILES string of the molecule is O=C(O)C(O)C(O)C(=O)O.[NaH].[Zn]. The third-order valence-corrected chi connectivity index (χ3v) is 0.805. The van der Waals surface area contributed by atoms with E-state index in [2.05, 4.69) is 0 Å². The maximum Gasteiger partial charge on any atom is 0 e. The van der Waals surface area contributed by atoms with Gasteiger partial charge in [-0.25, -0.2) is 9.59 Å². The van der Waals surface area contributed by atoms with Crippen LogP contribution < -0.4 is 0 Å². The maximum atomic E-state index is 9.77. The van der Waals surface area contributed by atoms with Gasteiger partial charge in [0.1, 0.15) is 0 Å². The Morgan fingerprint density at radius 1 is 0.917 bits per heavy atom. The van der Waals surface area contributed by atoms with Gasteiger partial charge in [0.2, 0.25) is 0 Å². The molecule has 0 aliphatic carbocycles. The summed E-state index contributed by atoms with van der Waals surface area (Å²) in [4.78, 5) is 19.5. The zero-order chi connectivity index (χ0) is 8.31. The molecule has 0 aromatic rings. The average molecular weight is 239 g/mol. The van der Waals surface area contributed by atoms with Crippen molar-refractivity contribution in [2.24, 2.45) is 0 Å². The molecule has 0 aromatic heterocycles. The van der Waals surface area contributed by atoms with E-state index >= 15 is 0 Å². The second kappa shape index (κ2) is 8.10. The van der Waals surface area contributed by atoms with Crippen LogP contribution in [0.3, 0.4) is 0 Å². The van der Waals surface area contributed by atoms with Crippen molar-refractivity contribution in [2.45, 2.75) is 12.2 Å². The predicted molar refractivity (Wildman–Crippen MR) is 34.4 cm³/mol. The molecule has 0 fully saturated rings. The normalized spacial score (nSPS) is 13.2. The number of hydrogen-bond acceptors (Lipinski definition) is 4. The summed E-state index contributed by atoms with van der Waals surface area (Å²) < 4.78 is 0. The van der Waals surface area contributed by atoms with E-state index in [4.69, 9.17) is 20.4 Å². The number of aliphatic carboxylic acids is 2. The van der Waals surface area contributed by atoms with E-state index in [-0.39, 0.29) is 49.0 Å². The molecule has 0 rings (SSSR count). The number of aliphatic hydroxyl groups excluding tert-OH is 2. The molecule has 2 atom stereocenters. The smallest absolute Gasteiger partial charge is 0 e. The van der Waals surface area contributed by atoms with Gasteiger partial charge in [0.05, 0.1) is 0 Å². The molecule has 0 aliphatic heterocycles. The van der Waals surface area contributed by atoms with Crippen molar-refractivity contribution in [1.29, 1.82) is 0 Å². The third-order valence-electron chi connectivity index (χ3n) is 0.805. The van der Waals surface area contributed by atoms with Gasteiger partial charge in [0.25, 0.3) is 0 Å². The molecule has 0 heterocycles. The van der Waals surface area contributed by atoms with Gasteiger partial charge in [-0.1, -0.05) is 0 Å². The van der Waals surface area contributed by atoms with Crippen molar-refractivity contribution in [1.82, 2.24) is 0 Å². The van der Waals surface area contributed by atoms with Gasteiger partial charge in [-0.05, 0) is 0 Å². The molecule has 0 spiro atoms. The molecule has 6 nitrogen and oxygen atoms in total. The molecule has 0 aromatic carbocycles. The Balaban J connectivity index is -0.000000405. The molecule has 0 aliphatic rings. The maximum absolute atomic E-state index is 9.77. The molecule has 0 amide bonds. The van der Waals surface area contributed by atoms with Crippen LogP contribution in [-0.2, 0) is 29.1 Å². The van der Waals surface area contributed by atoms with Gasteiger partial charge in [-0.2, -0.15) is 0 Å². The molecule has 0 saturated heterocycles. The Kier molecular flexibility index (Phi) is 12.4. The van der Waals surface area contributed by atoms with Crippen LogP contribution in [0.15, 0.2) is 0 Å². The summed E-state index contributed by atoms with van der Waals surface area (Å²) in [5, 5.41) is 32.5. The predicted octanol–water partition coefficient (Wildman–Crippen LogP) is -2.77. The fraction of sp³-hybridized carbons (Fsp3) is 0.500. The fourth-order valence-electron chi connectivity index (χ4n) is 0.270. The fourth-order valence-corrected chi connectivity index (χ4v) is 0.270. The van der Waals surface area contributed by atoms with E-state index in [9.17, 15) is 9.59 Å². The summed E-state index contributed by atoms with van der Waals surface area (Å²) in [7, 11) is 0.